The van der Waals surface area contributed by atoms with Gasteiger partial charge in [0.25, 0.3) is 0 Å². The van der Waals surface area contributed by atoms with Gasteiger partial charge in [-0.2, -0.15) is 0 Å². The van der Waals surface area contributed by atoms with E-state index in [0.29, 0.717) is 5.56 Å². The summed E-state index contributed by atoms with van der Waals surface area (Å²) in [7, 11) is 0. The topological polar surface area (TPSA) is 72.6 Å². The quantitative estimate of drug-likeness (QED) is 0.677. The van der Waals surface area contributed by atoms with Crippen LogP contribution in [0, 0.1) is 15.9 Å². The molecule has 7 heteroatoms. The molecule has 0 aliphatic carbocycles. The van der Waals surface area contributed by atoms with E-state index in [2.05, 4.69) is 0 Å². The van der Waals surface area contributed by atoms with Gasteiger partial charge in [-0.15, -0.1) is 0 Å². The molecule has 110 valence electrons. The standard InChI is InChI=1S/C14H11ClFNO4/c1-8(18)9-5-6-13(10(15)7-9)21-14-11(16)3-2-4-12(14)17(19)20/h2-8,18H,1H3/t8-/m0/s1. The molecular formula is C14H11ClFNO4. The second kappa shape index (κ2) is 6.07. The molecule has 2 aromatic rings. The molecule has 0 aliphatic rings. The van der Waals surface area contributed by atoms with E-state index in [9.17, 15) is 19.6 Å². The number of para-hydroxylation sites is 1. The monoisotopic (exact) mass is 311 g/mol. The predicted octanol–water partition coefficient (Wildman–Crippen LogP) is 4.23. The second-order valence-corrected chi connectivity index (χ2v) is 4.72. The lowest BCUT2D eigenvalue weighted by molar-refractivity contribution is -0.385. The van der Waals surface area contributed by atoms with Crippen molar-refractivity contribution in [1.29, 1.82) is 0 Å². The fourth-order valence-corrected chi connectivity index (χ4v) is 1.94. The summed E-state index contributed by atoms with van der Waals surface area (Å²) in [5.74, 6) is -1.30. The van der Waals surface area contributed by atoms with E-state index in [1.807, 2.05) is 0 Å². The lowest BCUT2D eigenvalue weighted by atomic mass is 10.1. The fourth-order valence-electron chi connectivity index (χ4n) is 1.71. The maximum absolute atomic E-state index is 13.7. The first-order valence-electron chi connectivity index (χ1n) is 5.98. The van der Waals surface area contributed by atoms with Gasteiger partial charge in [-0.05, 0) is 30.7 Å². The van der Waals surface area contributed by atoms with Crippen molar-refractivity contribution < 1.29 is 19.2 Å². The number of hydrogen-bond acceptors (Lipinski definition) is 4. The summed E-state index contributed by atoms with van der Waals surface area (Å²) in [4.78, 5) is 10.1. The average Bonchev–Trinajstić information content (AvgIpc) is 2.42. The second-order valence-electron chi connectivity index (χ2n) is 4.31. The number of aliphatic hydroxyl groups is 1. The van der Waals surface area contributed by atoms with Gasteiger partial charge >= 0.3 is 5.69 Å². The summed E-state index contributed by atoms with van der Waals surface area (Å²) >= 11 is 5.98. The Morgan fingerprint density at radius 1 is 1.38 bits per heavy atom. The first-order chi connectivity index (χ1) is 9.90. The fraction of sp³-hybridized carbons (Fsp3) is 0.143. The molecule has 0 unspecified atom stereocenters. The van der Waals surface area contributed by atoms with Gasteiger partial charge in [0.1, 0.15) is 5.75 Å². The number of benzene rings is 2. The van der Waals surface area contributed by atoms with Crippen LogP contribution in [0.15, 0.2) is 36.4 Å². The Morgan fingerprint density at radius 2 is 2.10 bits per heavy atom. The zero-order valence-electron chi connectivity index (χ0n) is 10.9. The number of ether oxygens (including phenoxy) is 1. The molecule has 1 atom stereocenters. The van der Waals surface area contributed by atoms with Crippen molar-refractivity contribution in [2.75, 3.05) is 0 Å². The van der Waals surface area contributed by atoms with E-state index >= 15 is 0 Å². The van der Waals surface area contributed by atoms with Crippen LogP contribution >= 0.6 is 11.6 Å². The van der Waals surface area contributed by atoms with Gasteiger partial charge in [0.15, 0.2) is 5.82 Å². The zero-order valence-corrected chi connectivity index (χ0v) is 11.7. The van der Waals surface area contributed by atoms with Gasteiger partial charge in [-0.3, -0.25) is 10.1 Å². The van der Waals surface area contributed by atoms with Crippen molar-refractivity contribution in [1.82, 2.24) is 0 Å². The number of nitro benzene ring substituents is 1. The molecule has 0 saturated carbocycles. The van der Waals surface area contributed by atoms with Gasteiger partial charge in [-0.1, -0.05) is 23.7 Å². The zero-order chi connectivity index (χ0) is 15.6. The third-order valence-corrected chi connectivity index (χ3v) is 3.09. The van der Waals surface area contributed by atoms with Crippen molar-refractivity contribution in [3.63, 3.8) is 0 Å². The Morgan fingerprint density at radius 3 is 2.67 bits per heavy atom. The molecule has 21 heavy (non-hydrogen) atoms. The van der Waals surface area contributed by atoms with E-state index in [-0.39, 0.29) is 10.8 Å². The molecule has 0 radical (unpaired) electrons. The van der Waals surface area contributed by atoms with Crippen LogP contribution in [0.5, 0.6) is 11.5 Å². The molecule has 0 aromatic heterocycles. The Kier molecular flexibility index (Phi) is 4.40. The van der Waals surface area contributed by atoms with Gasteiger partial charge in [0.2, 0.25) is 5.75 Å². The van der Waals surface area contributed by atoms with Crippen LogP contribution in [0.4, 0.5) is 10.1 Å². The van der Waals surface area contributed by atoms with Crippen LogP contribution in [0.3, 0.4) is 0 Å². The van der Waals surface area contributed by atoms with Crippen LogP contribution in [0.1, 0.15) is 18.6 Å². The van der Waals surface area contributed by atoms with Crippen molar-refractivity contribution in [3.05, 3.63) is 62.9 Å². The predicted molar refractivity (Wildman–Crippen MR) is 75.2 cm³/mol. The van der Waals surface area contributed by atoms with E-state index in [1.165, 1.54) is 18.2 Å². The number of nitro groups is 1. The minimum absolute atomic E-state index is 0.0641. The van der Waals surface area contributed by atoms with Gasteiger partial charge < -0.3 is 9.84 Å². The highest BCUT2D eigenvalue weighted by molar-refractivity contribution is 6.32. The number of nitrogens with zero attached hydrogens (tertiary/aromatic N) is 1. The lowest BCUT2D eigenvalue weighted by Gasteiger charge is -2.11. The molecule has 0 saturated heterocycles. The van der Waals surface area contributed by atoms with E-state index in [4.69, 9.17) is 16.3 Å². The molecule has 0 amide bonds. The first kappa shape index (κ1) is 15.2. The minimum atomic E-state index is -0.861. The maximum atomic E-state index is 13.7. The Bertz CT molecular complexity index is 691. The SMILES string of the molecule is C[C@H](O)c1ccc(Oc2c(F)cccc2[N+](=O)[O-])c(Cl)c1. The normalized spacial score (nSPS) is 12.0. The molecule has 0 heterocycles. The third kappa shape index (κ3) is 3.29. The highest BCUT2D eigenvalue weighted by Gasteiger charge is 2.21. The molecule has 0 fully saturated rings. The summed E-state index contributed by atoms with van der Waals surface area (Å²) in [6.45, 7) is 1.56. The van der Waals surface area contributed by atoms with E-state index in [1.54, 1.807) is 13.0 Å². The Hall–Kier alpha value is -2.18. The molecule has 0 bridgehead atoms. The summed E-state index contributed by atoms with van der Waals surface area (Å²) < 4.78 is 19.0. The molecule has 1 N–H and O–H groups in total. The molecule has 2 rings (SSSR count). The summed E-state index contributed by atoms with van der Waals surface area (Å²) in [6, 6.07) is 7.82. The van der Waals surface area contributed by atoms with Crippen LogP contribution in [-0.2, 0) is 0 Å². The Labute approximate surface area is 124 Å². The van der Waals surface area contributed by atoms with Crippen LogP contribution in [0.25, 0.3) is 0 Å². The number of halogens is 2. The molecule has 0 aliphatic heterocycles. The largest absolute Gasteiger partial charge is 0.446 e. The van der Waals surface area contributed by atoms with Gasteiger partial charge in [0.05, 0.1) is 16.0 Å². The van der Waals surface area contributed by atoms with Crippen molar-refractivity contribution >= 4 is 17.3 Å². The van der Waals surface area contributed by atoms with Crippen molar-refractivity contribution in [3.8, 4) is 11.5 Å². The average molecular weight is 312 g/mol. The van der Waals surface area contributed by atoms with E-state index < -0.39 is 28.3 Å². The molecule has 0 spiro atoms. The highest BCUT2D eigenvalue weighted by Crippen LogP contribution is 2.37. The lowest BCUT2D eigenvalue weighted by Crippen LogP contribution is -1.97. The maximum Gasteiger partial charge on any atom is 0.314 e. The number of aliphatic hydroxyl groups excluding tert-OH is 1. The number of rotatable bonds is 4. The van der Waals surface area contributed by atoms with Crippen molar-refractivity contribution in [2.45, 2.75) is 13.0 Å². The molecule has 2 aromatic carbocycles. The van der Waals surface area contributed by atoms with Crippen LogP contribution < -0.4 is 4.74 Å². The molecular weight excluding hydrogens is 301 g/mol. The van der Waals surface area contributed by atoms with E-state index in [0.717, 1.165) is 12.1 Å². The van der Waals surface area contributed by atoms with Crippen molar-refractivity contribution in [2.24, 2.45) is 0 Å². The highest BCUT2D eigenvalue weighted by atomic mass is 35.5. The molecule has 5 nitrogen and oxygen atoms in total. The number of hydrogen-bond donors (Lipinski definition) is 1. The van der Waals surface area contributed by atoms with Crippen LogP contribution in [0.2, 0.25) is 5.02 Å². The smallest absolute Gasteiger partial charge is 0.314 e. The first-order valence-corrected chi connectivity index (χ1v) is 6.36. The minimum Gasteiger partial charge on any atom is -0.446 e. The summed E-state index contributed by atoms with van der Waals surface area (Å²) in [5, 5.41) is 20.4. The van der Waals surface area contributed by atoms with Crippen LogP contribution in [-0.4, -0.2) is 10.0 Å². The van der Waals surface area contributed by atoms with Gasteiger partial charge in [0, 0.05) is 6.07 Å². The summed E-state index contributed by atoms with van der Waals surface area (Å²) in [5.41, 5.74) is 0.0565. The summed E-state index contributed by atoms with van der Waals surface area (Å²) in [6.07, 6.45) is -0.723. The third-order valence-electron chi connectivity index (χ3n) is 2.79. The Balaban J connectivity index is 2.41. The van der Waals surface area contributed by atoms with Gasteiger partial charge in [-0.25, -0.2) is 4.39 Å².